The third-order valence-corrected chi connectivity index (χ3v) is 1.88. The Bertz CT molecular complexity index is 435. The largest absolute Gasteiger partial charge is 0.493 e. The maximum atomic E-state index is 10.9. The first-order chi connectivity index (χ1) is 8.08. The number of non-ortho nitro benzene ring substituents is 1. The van der Waals surface area contributed by atoms with E-state index in [1.54, 1.807) is 0 Å². The van der Waals surface area contributed by atoms with Crippen LogP contribution in [0.2, 0.25) is 0 Å². The lowest BCUT2D eigenvalue weighted by Crippen LogP contribution is -2.34. The van der Waals surface area contributed by atoms with Gasteiger partial charge in [-0.25, -0.2) is 5.84 Å². The Morgan fingerprint density at radius 2 is 2.24 bits per heavy atom. The van der Waals surface area contributed by atoms with Gasteiger partial charge in [0.1, 0.15) is 0 Å². The summed E-state index contributed by atoms with van der Waals surface area (Å²) in [6.07, 6.45) is 0. The van der Waals surface area contributed by atoms with Crippen molar-refractivity contribution in [3.63, 3.8) is 0 Å². The van der Waals surface area contributed by atoms with Crippen LogP contribution >= 0.6 is 0 Å². The van der Waals surface area contributed by atoms with Gasteiger partial charge in [-0.1, -0.05) is 0 Å². The fourth-order valence-corrected chi connectivity index (χ4v) is 1.08. The van der Waals surface area contributed by atoms with Gasteiger partial charge in [0.05, 0.1) is 18.1 Å². The zero-order valence-electron chi connectivity index (χ0n) is 9.00. The second-order valence-corrected chi connectivity index (χ2v) is 2.95. The predicted octanol–water partition coefficient (Wildman–Crippen LogP) is -0.0279. The van der Waals surface area contributed by atoms with Crippen LogP contribution in [0.1, 0.15) is 0 Å². The topological polar surface area (TPSA) is 117 Å². The van der Waals surface area contributed by atoms with Gasteiger partial charge in [0.2, 0.25) is 0 Å². The van der Waals surface area contributed by atoms with Crippen LogP contribution in [0, 0.1) is 10.1 Å². The number of nitrogens with zero attached hydrogens (tertiary/aromatic N) is 1. The van der Waals surface area contributed by atoms with Gasteiger partial charge in [0, 0.05) is 6.07 Å². The summed E-state index contributed by atoms with van der Waals surface area (Å²) in [4.78, 5) is 20.9. The number of hydrazine groups is 1. The van der Waals surface area contributed by atoms with E-state index in [1.165, 1.54) is 25.3 Å². The molecule has 0 fully saturated rings. The number of ether oxygens (including phenoxy) is 2. The van der Waals surface area contributed by atoms with Crippen LogP contribution in [-0.2, 0) is 4.79 Å². The van der Waals surface area contributed by atoms with Crippen molar-refractivity contribution in [1.82, 2.24) is 5.43 Å². The molecule has 0 spiro atoms. The molecular weight excluding hydrogens is 230 g/mol. The number of nitrogens with two attached hydrogens (primary N) is 1. The van der Waals surface area contributed by atoms with Crippen molar-refractivity contribution in [2.75, 3.05) is 13.7 Å². The predicted molar refractivity (Wildman–Crippen MR) is 57.5 cm³/mol. The first-order valence-corrected chi connectivity index (χ1v) is 4.53. The second kappa shape index (κ2) is 5.66. The molecule has 0 heterocycles. The van der Waals surface area contributed by atoms with Crippen LogP contribution in [0.5, 0.6) is 11.5 Å². The van der Waals surface area contributed by atoms with Crippen molar-refractivity contribution in [3.05, 3.63) is 28.3 Å². The Hall–Kier alpha value is -2.35. The number of benzene rings is 1. The maximum Gasteiger partial charge on any atom is 0.273 e. The molecule has 92 valence electrons. The SMILES string of the molecule is COc1ccc([N+](=O)[O-])cc1OCC(=O)NN. The van der Waals surface area contributed by atoms with E-state index in [4.69, 9.17) is 15.3 Å². The lowest BCUT2D eigenvalue weighted by atomic mass is 10.3. The van der Waals surface area contributed by atoms with Crippen molar-refractivity contribution in [2.24, 2.45) is 5.84 Å². The van der Waals surface area contributed by atoms with Crippen LogP contribution < -0.4 is 20.7 Å². The van der Waals surface area contributed by atoms with Crippen molar-refractivity contribution in [2.45, 2.75) is 0 Å². The van der Waals surface area contributed by atoms with Gasteiger partial charge in [0.25, 0.3) is 11.6 Å². The van der Waals surface area contributed by atoms with E-state index in [2.05, 4.69) is 0 Å². The Morgan fingerprint density at radius 3 is 2.76 bits per heavy atom. The first-order valence-electron chi connectivity index (χ1n) is 4.53. The van der Waals surface area contributed by atoms with Gasteiger partial charge in [-0.2, -0.15) is 0 Å². The summed E-state index contributed by atoms with van der Waals surface area (Å²) in [6, 6.07) is 3.82. The van der Waals surface area contributed by atoms with Crippen LogP contribution in [0.25, 0.3) is 0 Å². The van der Waals surface area contributed by atoms with Gasteiger partial charge >= 0.3 is 0 Å². The van der Waals surface area contributed by atoms with Crippen LogP contribution in [0.15, 0.2) is 18.2 Å². The number of nitrogens with one attached hydrogen (secondary N) is 1. The molecule has 1 aromatic carbocycles. The molecule has 1 rings (SSSR count). The molecule has 0 aromatic heterocycles. The lowest BCUT2D eigenvalue weighted by molar-refractivity contribution is -0.385. The molecule has 0 saturated carbocycles. The van der Waals surface area contributed by atoms with Gasteiger partial charge in [-0.3, -0.25) is 20.3 Å². The molecule has 0 aliphatic heterocycles. The molecule has 0 radical (unpaired) electrons. The summed E-state index contributed by atoms with van der Waals surface area (Å²) in [6.45, 7) is -0.353. The average molecular weight is 241 g/mol. The molecule has 0 bridgehead atoms. The van der Waals surface area contributed by atoms with Gasteiger partial charge in [0.15, 0.2) is 18.1 Å². The zero-order valence-corrected chi connectivity index (χ0v) is 9.00. The normalized spacial score (nSPS) is 9.53. The van der Waals surface area contributed by atoms with Crippen molar-refractivity contribution >= 4 is 11.6 Å². The number of rotatable bonds is 5. The van der Waals surface area contributed by atoms with E-state index in [-0.39, 0.29) is 18.0 Å². The van der Waals surface area contributed by atoms with Crippen molar-refractivity contribution < 1.29 is 19.2 Å². The van der Waals surface area contributed by atoms with E-state index in [9.17, 15) is 14.9 Å². The Kier molecular flexibility index (Phi) is 4.23. The summed E-state index contributed by atoms with van der Waals surface area (Å²) >= 11 is 0. The number of nitro groups is 1. The molecule has 1 amide bonds. The number of amides is 1. The van der Waals surface area contributed by atoms with E-state index < -0.39 is 10.8 Å². The standard InChI is InChI=1S/C9H11N3O5/c1-16-7-3-2-6(12(14)15)4-8(7)17-5-9(13)11-10/h2-4H,5,10H2,1H3,(H,11,13). The summed E-state index contributed by atoms with van der Waals surface area (Å²) in [7, 11) is 1.39. The van der Waals surface area contributed by atoms with E-state index in [1.807, 2.05) is 5.43 Å². The summed E-state index contributed by atoms with van der Waals surface area (Å²) in [5.41, 5.74) is 1.71. The van der Waals surface area contributed by atoms with Crippen LogP contribution in [0.3, 0.4) is 0 Å². The molecule has 0 atom stereocenters. The quantitative estimate of drug-likeness (QED) is 0.323. The number of hydrogen-bond acceptors (Lipinski definition) is 6. The number of carbonyl (C=O) groups is 1. The second-order valence-electron chi connectivity index (χ2n) is 2.95. The minimum atomic E-state index is -0.574. The first kappa shape index (κ1) is 12.7. The van der Waals surface area contributed by atoms with E-state index in [0.717, 1.165) is 0 Å². The molecule has 0 aliphatic carbocycles. The third kappa shape index (κ3) is 3.31. The fourth-order valence-electron chi connectivity index (χ4n) is 1.08. The average Bonchev–Trinajstić information content (AvgIpc) is 2.35. The highest BCUT2D eigenvalue weighted by Gasteiger charge is 2.13. The van der Waals surface area contributed by atoms with Crippen molar-refractivity contribution in [3.8, 4) is 11.5 Å². The molecule has 1 aromatic rings. The van der Waals surface area contributed by atoms with Crippen molar-refractivity contribution in [1.29, 1.82) is 0 Å². The number of methoxy groups -OCH3 is 1. The monoisotopic (exact) mass is 241 g/mol. The fraction of sp³-hybridized carbons (Fsp3) is 0.222. The highest BCUT2D eigenvalue weighted by molar-refractivity contribution is 5.76. The van der Waals surface area contributed by atoms with Gasteiger partial charge in [-0.05, 0) is 6.07 Å². The summed E-state index contributed by atoms with van der Waals surface area (Å²) in [5, 5.41) is 10.6. The maximum absolute atomic E-state index is 10.9. The number of carbonyl (C=O) groups excluding carboxylic acids is 1. The molecule has 8 heteroatoms. The minimum absolute atomic E-state index is 0.102. The Morgan fingerprint density at radius 1 is 1.53 bits per heavy atom. The van der Waals surface area contributed by atoms with Gasteiger partial charge < -0.3 is 9.47 Å². The highest BCUT2D eigenvalue weighted by Crippen LogP contribution is 2.30. The minimum Gasteiger partial charge on any atom is -0.493 e. The number of hydrogen-bond donors (Lipinski definition) is 2. The molecule has 3 N–H and O–H groups in total. The smallest absolute Gasteiger partial charge is 0.273 e. The van der Waals surface area contributed by atoms with Crippen LogP contribution in [-0.4, -0.2) is 24.5 Å². The zero-order chi connectivity index (χ0) is 12.8. The number of nitro benzene ring substituents is 1. The molecule has 8 nitrogen and oxygen atoms in total. The van der Waals surface area contributed by atoms with E-state index >= 15 is 0 Å². The highest BCUT2D eigenvalue weighted by atomic mass is 16.6. The third-order valence-electron chi connectivity index (χ3n) is 1.88. The molecule has 0 saturated heterocycles. The summed E-state index contributed by atoms with van der Waals surface area (Å²) in [5.74, 6) is 4.70. The van der Waals surface area contributed by atoms with Crippen LogP contribution in [0.4, 0.5) is 5.69 Å². The Labute approximate surface area is 96.4 Å². The van der Waals surface area contributed by atoms with E-state index in [0.29, 0.717) is 5.75 Å². The molecule has 17 heavy (non-hydrogen) atoms. The molecular formula is C9H11N3O5. The van der Waals surface area contributed by atoms with Gasteiger partial charge in [-0.15, -0.1) is 0 Å². The molecule has 0 unspecified atom stereocenters. The lowest BCUT2D eigenvalue weighted by Gasteiger charge is -2.09. The summed E-state index contributed by atoms with van der Waals surface area (Å²) < 4.78 is 9.99. The molecule has 0 aliphatic rings. The Balaban J connectivity index is 2.90.